The van der Waals surface area contributed by atoms with Gasteiger partial charge in [-0.3, -0.25) is 15.1 Å². The van der Waals surface area contributed by atoms with E-state index in [0.717, 1.165) is 36.4 Å². The zero-order chi connectivity index (χ0) is 25.9. The van der Waals surface area contributed by atoms with Crippen molar-refractivity contribution in [2.24, 2.45) is 5.92 Å². The molecule has 184 valence electrons. The molecule has 0 radical (unpaired) electrons. The van der Waals surface area contributed by atoms with Gasteiger partial charge in [-0.2, -0.15) is 0 Å². The summed E-state index contributed by atoms with van der Waals surface area (Å²) in [5.41, 5.74) is -1.05. The first-order chi connectivity index (χ1) is 17.1. The Balaban J connectivity index is 1.74. The lowest BCUT2D eigenvalue weighted by Gasteiger charge is -2.14. The van der Waals surface area contributed by atoms with Crippen molar-refractivity contribution in [1.29, 1.82) is 0 Å². The molecule has 0 aliphatic heterocycles. The number of nitrogens with zero attached hydrogens (tertiary/aromatic N) is 4. The van der Waals surface area contributed by atoms with Crippen LogP contribution in [-0.4, -0.2) is 43.9 Å². The molecule has 1 amide bonds. The number of carbonyl (C=O) groups excluding carboxylic acids is 1. The molecule has 8 nitrogen and oxygen atoms in total. The minimum Gasteiger partial charge on any atom is -0.494 e. The molecule has 11 heteroatoms. The number of carbonyl (C=O) groups is 1. The molecule has 1 fully saturated rings. The molecule has 4 rings (SSSR count). The second-order valence-electron chi connectivity index (χ2n) is 8.44. The largest absolute Gasteiger partial charge is 0.494 e. The van der Waals surface area contributed by atoms with Crippen molar-refractivity contribution in [3.05, 3.63) is 46.5 Å². The number of pyridine rings is 2. The SMILES string of the molecule is COc1cnc(C(F)F)cc1-c1cc(C#CC(C)(C)O)ncc1C(=O)Nc1nnc(C#CC2CC2)s1. The summed E-state index contributed by atoms with van der Waals surface area (Å²) in [7, 11) is 1.37. The molecular weight excluding hydrogens is 488 g/mol. The van der Waals surface area contributed by atoms with Crippen LogP contribution in [-0.2, 0) is 0 Å². The van der Waals surface area contributed by atoms with E-state index in [1.165, 1.54) is 33.2 Å². The number of alkyl halides is 2. The van der Waals surface area contributed by atoms with E-state index < -0.39 is 23.6 Å². The summed E-state index contributed by atoms with van der Waals surface area (Å²) in [6, 6.07) is 2.62. The number of methoxy groups -OCH3 is 1. The minimum atomic E-state index is -2.83. The Hall–Kier alpha value is -3.93. The highest BCUT2D eigenvalue weighted by Crippen LogP contribution is 2.35. The molecule has 0 aromatic carbocycles. The van der Waals surface area contributed by atoms with Gasteiger partial charge in [-0.15, -0.1) is 10.2 Å². The van der Waals surface area contributed by atoms with Gasteiger partial charge in [0.1, 0.15) is 22.7 Å². The molecule has 3 aromatic heterocycles. The summed E-state index contributed by atoms with van der Waals surface area (Å²) in [4.78, 5) is 21.1. The van der Waals surface area contributed by atoms with Crippen molar-refractivity contribution in [1.82, 2.24) is 20.2 Å². The standard InChI is InChI=1S/C25H21F2N5O3S/c1-25(2,34)9-8-15-10-16(17-11-19(22(26)27)29-13-20(17)35-3)18(12-28-15)23(33)30-24-32-31-21(36-24)7-6-14-4-5-14/h10-14,22,34H,4-5H2,1-3H3,(H,30,32,33). The fraction of sp³-hybridized carbons (Fsp3) is 0.320. The number of amides is 1. The number of hydrogen-bond donors (Lipinski definition) is 2. The molecule has 2 N–H and O–H groups in total. The van der Waals surface area contributed by atoms with Gasteiger partial charge in [0.25, 0.3) is 12.3 Å². The van der Waals surface area contributed by atoms with E-state index in [1.54, 1.807) is 0 Å². The normalized spacial score (nSPS) is 12.9. The second kappa shape index (κ2) is 10.4. The monoisotopic (exact) mass is 509 g/mol. The average molecular weight is 510 g/mol. The highest BCUT2D eigenvalue weighted by atomic mass is 32.1. The molecule has 0 saturated heterocycles. The number of halogens is 2. The van der Waals surface area contributed by atoms with Gasteiger partial charge in [-0.25, -0.2) is 13.8 Å². The maximum absolute atomic E-state index is 13.4. The number of hydrogen-bond acceptors (Lipinski definition) is 8. The molecule has 1 aliphatic rings. The third-order valence-electron chi connectivity index (χ3n) is 4.87. The number of aliphatic hydroxyl groups is 1. The van der Waals surface area contributed by atoms with Crippen molar-refractivity contribution < 1.29 is 23.4 Å². The van der Waals surface area contributed by atoms with Gasteiger partial charge in [-0.1, -0.05) is 23.2 Å². The van der Waals surface area contributed by atoms with Gasteiger partial charge in [0.05, 0.1) is 18.9 Å². The Bertz CT molecular complexity index is 1420. The van der Waals surface area contributed by atoms with Crippen molar-refractivity contribution in [2.45, 2.75) is 38.7 Å². The van der Waals surface area contributed by atoms with Gasteiger partial charge in [-0.05, 0) is 50.7 Å². The first kappa shape index (κ1) is 25.2. The maximum Gasteiger partial charge on any atom is 0.280 e. The van der Waals surface area contributed by atoms with Crippen molar-refractivity contribution in [2.75, 3.05) is 12.4 Å². The van der Waals surface area contributed by atoms with Crippen molar-refractivity contribution in [3.63, 3.8) is 0 Å². The lowest BCUT2D eigenvalue weighted by molar-refractivity contribution is 0.102. The van der Waals surface area contributed by atoms with Crippen LogP contribution >= 0.6 is 11.3 Å². The van der Waals surface area contributed by atoms with Crippen LogP contribution in [0.5, 0.6) is 5.75 Å². The van der Waals surface area contributed by atoms with Crippen LogP contribution in [0.15, 0.2) is 24.5 Å². The van der Waals surface area contributed by atoms with Gasteiger partial charge < -0.3 is 9.84 Å². The summed E-state index contributed by atoms with van der Waals surface area (Å²) in [6.07, 6.45) is 1.76. The Kier molecular flexibility index (Phi) is 7.25. The molecule has 1 aliphatic carbocycles. The van der Waals surface area contributed by atoms with Crippen LogP contribution < -0.4 is 10.1 Å². The number of anilines is 1. The summed E-state index contributed by atoms with van der Waals surface area (Å²) < 4.78 is 32.2. The Labute approximate surface area is 210 Å². The third-order valence-corrected chi connectivity index (χ3v) is 5.63. The van der Waals surface area contributed by atoms with E-state index >= 15 is 0 Å². The highest BCUT2D eigenvalue weighted by Gasteiger charge is 2.22. The highest BCUT2D eigenvalue weighted by molar-refractivity contribution is 7.15. The van der Waals surface area contributed by atoms with E-state index in [2.05, 4.69) is 49.2 Å². The predicted molar refractivity (Wildman–Crippen MR) is 130 cm³/mol. The van der Waals surface area contributed by atoms with E-state index in [0.29, 0.717) is 10.9 Å². The van der Waals surface area contributed by atoms with Crippen LogP contribution in [0.2, 0.25) is 0 Å². The van der Waals surface area contributed by atoms with Gasteiger partial charge in [0, 0.05) is 23.2 Å². The Morgan fingerprint density at radius 2 is 1.97 bits per heavy atom. The van der Waals surface area contributed by atoms with Gasteiger partial charge in [0.15, 0.2) is 5.01 Å². The molecule has 3 aromatic rings. The summed E-state index contributed by atoms with van der Waals surface area (Å²) in [5, 5.41) is 21.2. The summed E-state index contributed by atoms with van der Waals surface area (Å²) >= 11 is 1.12. The van der Waals surface area contributed by atoms with Crippen LogP contribution in [0.1, 0.15) is 59.9 Å². The maximum atomic E-state index is 13.4. The fourth-order valence-corrected chi connectivity index (χ4v) is 3.58. The van der Waals surface area contributed by atoms with E-state index in [4.69, 9.17) is 4.74 Å². The Morgan fingerprint density at radius 3 is 2.64 bits per heavy atom. The van der Waals surface area contributed by atoms with Crippen LogP contribution in [0.4, 0.5) is 13.9 Å². The Morgan fingerprint density at radius 1 is 1.19 bits per heavy atom. The fourth-order valence-electron chi connectivity index (χ4n) is 2.98. The van der Waals surface area contributed by atoms with Gasteiger partial charge >= 0.3 is 0 Å². The number of rotatable bonds is 5. The number of nitrogens with one attached hydrogen (secondary N) is 1. The quantitative estimate of drug-likeness (QED) is 0.499. The first-order valence-electron chi connectivity index (χ1n) is 10.9. The summed E-state index contributed by atoms with van der Waals surface area (Å²) in [6.45, 7) is 3.02. The molecule has 0 unspecified atom stereocenters. The second-order valence-corrected chi connectivity index (χ2v) is 9.42. The zero-order valence-corrected chi connectivity index (χ0v) is 20.4. The van der Waals surface area contributed by atoms with E-state index in [1.807, 2.05) is 0 Å². The smallest absolute Gasteiger partial charge is 0.280 e. The van der Waals surface area contributed by atoms with Crippen LogP contribution in [0, 0.1) is 29.6 Å². The predicted octanol–water partition coefficient (Wildman–Crippen LogP) is 4.08. The lowest BCUT2D eigenvalue weighted by Crippen LogP contribution is -2.15. The number of aromatic nitrogens is 4. The average Bonchev–Trinajstić information content (AvgIpc) is 3.57. The third kappa shape index (κ3) is 6.39. The molecule has 36 heavy (non-hydrogen) atoms. The lowest BCUT2D eigenvalue weighted by atomic mass is 9.99. The van der Waals surface area contributed by atoms with Gasteiger partial charge in [0.2, 0.25) is 5.13 Å². The van der Waals surface area contributed by atoms with E-state index in [9.17, 15) is 18.7 Å². The molecule has 3 heterocycles. The molecule has 1 saturated carbocycles. The minimum absolute atomic E-state index is 0.0642. The number of ether oxygens (including phenoxy) is 1. The van der Waals surface area contributed by atoms with Crippen LogP contribution in [0.3, 0.4) is 0 Å². The van der Waals surface area contributed by atoms with Crippen molar-refractivity contribution >= 4 is 22.4 Å². The zero-order valence-electron chi connectivity index (χ0n) is 19.6. The molecule has 0 atom stereocenters. The van der Waals surface area contributed by atoms with E-state index in [-0.39, 0.29) is 33.3 Å². The summed E-state index contributed by atoms with van der Waals surface area (Å²) in [5.74, 6) is 11.4. The van der Waals surface area contributed by atoms with Crippen LogP contribution in [0.25, 0.3) is 11.1 Å². The topological polar surface area (TPSA) is 110 Å². The molecular formula is C25H21F2N5O3S. The molecule has 0 bridgehead atoms. The first-order valence-corrected chi connectivity index (χ1v) is 11.7. The molecule has 0 spiro atoms. The van der Waals surface area contributed by atoms with Crippen molar-refractivity contribution in [3.8, 4) is 40.6 Å².